The second-order valence-corrected chi connectivity index (χ2v) is 13.3. The van der Waals surface area contributed by atoms with Gasteiger partial charge in [0.2, 0.25) is 0 Å². The highest BCUT2D eigenvalue weighted by Gasteiger charge is 2.14. The van der Waals surface area contributed by atoms with Gasteiger partial charge in [-0.2, -0.15) is 0 Å². The Morgan fingerprint density at radius 2 is 0.667 bits per heavy atom. The van der Waals surface area contributed by atoms with Crippen LogP contribution in [0.4, 0.5) is 0 Å². The van der Waals surface area contributed by atoms with Gasteiger partial charge in [-0.05, 0) is 44.9 Å². The number of rotatable bonds is 35. The third kappa shape index (κ3) is 32.1. The molecule has 0 aromatic carbocycles. The molecular formula is C39H76O3. The summed E-state index contributed by atoms with van der Waals surface area (Å²) in [5, 5.41) is 0. The van der Waals surface area contributed by atoms with Gasteiger partial charge in [0.1, 0.15) is 11.9 Å². The van der Waals surface area contributed by atoms with E-state index >= 15 is 0 Å². The van der Waals surface area contributed by atoms with E-state index in [1.165, 1.54) is 141 Å². The van der Waals surface area contributed by atoms with Crippen molar-refractivity contribution in [2.24, 2.45) is 0 Å². The highest BCUT2D eigenvalue weighted by atomic mass is 16.5. The highest BCUT2D eigenvalue weighted by molar-refractivity contribution is 5.78. The van der Waals surface area contributed by atoms with E-state index in [-0.39, 0.29) is 12.1 Å². The SMILES string of the molecule is CCCCCCCCCCC(CCCCCCCCCC)OC(=O)CCCCCCCC(=O)CCCCCCCCC. The lowest BCUT2D eigenvalue weighted by molar-refractivity contribution is -0.150. The fourth-order valence-corrected chi connectivity index (χ4v) is 6.04. The summed E-state index contributed by atoms with van der Waals surface area (Å²) in [6.07, 6.45) is 39.6. The van der Waals surface area contributed by atoms with Gasteiger partial charge in [-0.15, -0.1) is 0 Å². The van der Waals surface area contributed by atoms with Crippen LogP contribution in [-0.2, 0) is 14.3 Å². The molecule has 0 aromatic heterocycles. The number of esters is 1. The first kappa shape index (κ1) is 41.1. The lowest BCUT2D eigenvalue weighted by atomic mass is 10.0. The molecular weight excluding hydrogens is 516 g/mol. The van der Waals surface area contributed by atoms with Crippen molar-refractivity contribution in [1.82, 2.24) is 0 Å². The van der Waals surface area contributed by atoms with Gasteiger partial charge in [0.05, 0.1) is 0 Å². The molecule has 0 saturated heterocycles. The number of carbonyl (C=O) groups is 2. The Hall–Kier alpha value is -0.860. The normalized spacial score (nSPS) is 11.4. The molecule has 0 aliphatic rings. The Bertz CT molecular complexity index is 538. The second-order valence-electron chi connectivity index (χ2n) is 13.3. The van der Waals surface area contributed by atoms with Crippen molar-refractivity contribution in [3.63, 3.8) is 0 Å². The van der Waals surface area contributed by atoms with Gasteiger partial charge >= 0.3 is 5.97 Å². The largest absolute Gasteiger partial charge is 0.462 e. The van der Waals surface area contributed by atoms with E-state index in [2.05, 4.69) is 20.8 Å². The summed E-state index contributed by atoms with van der Waals surface area (Å²) in [6.45, 7) is 6.80. The molecule has 0 unspecified atom stereocenters. The minimum atomic E-state index is 0.0176. The van der Waals surface area contributed by atoms with E-state index < -0.39 is 0 Å². The fourth-order valence-electron chi connectivity index (χ4n) is 6.04. The van der Waals surface area contributed by atoms with Crippen molar-refractivity contribution in [2.75, 3.05) is 0 Å². The fraction of sp³-hybridized carbons (Fsp3) is 0.949. The lowest BCUT2D eigenvalue weighted by Gasteiger charge is -2.18. The maximum Gasteiger partial charge on any atom is 0.306 e. The Morgan fingerprint density at radius 3 is 1.02 bits per heavy atom. The van der Waals surface area contributed by atoms with Gasteiger partial charge < -0.3 is 4.74 Å². The van der Waals surface area contributed by atoms with E-state index in [1.807, 2.05) is 0 Å². The molecule has 0 heterocycles. The zero-order chi connectivity index (χ0) is 30.8. The first-order valence-electron chi connectivity index (χ1n) is 19.3. The van der Waals surface area contributed by atoms with Crippen molar-refractivity contribution < 1.29 is 14.3 Å². The lowest BCUT2D eigenvalue weighted by Crippen LogP contribution is -2.18. The number of hydrogen-bond donors (Lipinski definition) is 0. The average molecular weight is 593 g/mol. The number of hydrogen-bond acceptors (Lipinski definition) is 3. The summed E-state index contributed by atoms with van der Waals surface area (Å²) >= 11 is 0. The van der Waals surface area contributed by atoms with Crippen LogP contribution in [0.1, 0.15) is 233 Å². The quantitative estimate of drug-likeness (QED) is 0.0543. The van der Waals surface area contributed by atoms with E-state index in [4.69, 9.17) is 4.74 Å². The summed E-state index contributed by atoms with van der Waals surface area (Å²) in [5.74, 6) is 0.468. The van der Waals surface area contributed by atoms with E-state index in [1.54, 1.807) is 0 Å². The molecule has 0 bridgehead atoms. The zero-order valence-corrected chi connectivity index (χ0v) is 29.1. The second kappa shape index (κ2) is 34.6. The van der Waals surface area contributed by atoms with E-state index in [0.29, 0.717) is 12.2 Å². The van der Waals surface area contributed by atoms with Crippen molar-refractivity contribution >= 4 is 11.8 Å². The molecule has 0 atom stereocenters. The molecule has 0 saturated carbocycles. The summed E-state index contributed by atoms with van der Waals surface area (Å²) < 4.78 is 6.02. The number of ketones is 1. The summed E-state index contributed by atoms with van der Waals surface area (Å²) in [5.41, 5.74) is 0. The van der Waals surface area contributed by atoms with E-state index in [0.717, 1.165) is 64.2 Å². The van der Waals surface area contributed by atoms with Gasteiger partial charge in [0, 0.05) is 19.3 Å². The van der Waals surface area contributed by atoms with Gasteiger partial charge in [-0.3, -0.25) is 9.59 Å². The first-order valence-corrected chi connectivity index (χ1v) is 19.3. The van der Waals surface area contributed by atoms with Crippen molar-refractivity contribution in [2.45, 2.75) is 239 Å². The minimum Gasteiger partial charge on any atom is -0.462 e. The molecule has 42 heavy (non-hydrogen) atoms. The van der Waals surface area contributed by atoms with Crippen LogP contribution < -0.4 is 0 Å². The number of carbonyl (C=O) groups excluding carboxylic acids is 2. The van der Waals surface area contributed by atoms with Crippen LogP contribution in [0, 0.1) is 0 Å². The molecule has 0 fully saturated rings. The van der Waals surface area contributed by atoms with E-state index in [9.17, 15) is 9.59 Å². The predicted molar refractivity (Wildman–Crippen MR) is 184 cm³/mol. The average Bonchev–Trinajstić information content (AvgIpc) is 2.98. The maximum absolute atomic E-state index is 12.6. The summed E-state index contributed by atoms with van der Waals surface area (Å²) in [4.78, 5) is 24.8. The molecule has 0 aliphatic carbocycles. The molecule has 0 N–H and O–H groups in total. The maximum atomic E-state index is 12.6. The molecule has 3 heteroatoms. The molecule has 0 spiro atoms. The van der Waals surface area contributed by atoms with Crippen LogP contribution in [0.15, 0.2) is 0 Å². The molecule has 0 aliphatic heterocycles. The predicted octanol–water partition coefficient (Wildman–Crippen LogP) is 13.4. The van der Waals surface area contributed by atoms with Crippen LogP contribution in [0.3, 0.4) is 0 Å². The molecule has 0 rings (SSSR count). The summed E-state index contributed by atoms with van der Waals surface area (Å²) in [6, 6.07) is 0. The van der Waals surface area contributed by atoms with Gasteiger partial charge in [-0.1, -0.05) is 168 Å². The topological polar surface area (TPSA) is 43.4 Å². The van der Waals surface area contributed by atoms with Crippen LogP contribution >= 0.6 is 0 Å². The molecule has 0 aromatic rings. The Balaban J connectivity index is 3.99. The number of ether oxygens (including phenoxy) is 1. The van der Waals surface area contributed by atoms with Crippen LogP contribution in [0.25, 0.3) is 0 Å². The molecule has 3 nitrogen and oxygen atoms in total. The van der Waals surface area contributed by atoms with Gasteiger partial charge in [0.25, 0.3) is 0 Å². The Kier molecular flexibility index (Phi) is 33.9. The standard InChI is InChI=1S/C39H76O3/c1-4-7-10-13-16-19-24-29-34-38(35-30-25-20-17-14-11-8-5-2)42-39(41)36-31-26-21-23-28-33-37(40)32-27-22-18-15-12-9-6-3/h38H,4-36H2,1-3H3. The van der Waals surface area contributed by atoms with Crippen LogP contribution in [0.2, 0.25) is 0 Å². The molecule has 250 valence electrons. The Morgan fingerprint density at radius 1 is 0.381 bits per heavy atom. The van der Waals surface area contributed by atoms with Crippen molar-refractivity contribution in [1.29, 1.82) is 0 Å². The number of unbranched alkanes of at least 4 members (excludes halogenated alkanes) is 24. The zero-order valence-electron chi connectivity index (χ0n) is 29.1. The van der Waals surface area contributed by atoms with Gasteiger partial charge in [0.15, 0.2) is 0 Å². The third-order valence-electron chi connectivity index (χ3n) is 8.95. The van der Waals surface area contributed by atoms with Crippen LogP contribution in [-0.4, -0.2) is 17.9 Å². The monoisotopic (exact) mass is 593 g/mol. The summed E-state index contributed by atoms with van der Waals surface area (Å²) in [7, 11) is 0. The number of Topliss-reactive ketones (excluding diaryl/α,β-unsaturated/α-hetero) is 1. The molecule has 0 radical (unpaired) electrons. The molecule has 0 amide bonds. The first-order chi connectivity index (χ1) is 20.6. The van der Waals surface area contributed by atoms with Crippen molar-refractivity contribution in [3.8, 4) is 0 Å². The van der Waals surface area contributed by atoms with Crippen molar-refractivity contribution in [3.05, 3.63) is 0 Å². The highest BCUT2D eigenvalue weighted by Crippen LogP contribution is 2.19. The minimum absolute atomic E-state index is 0.0176. The Labute approximate surface area is 264 Å². The third-order valence-corrected chi connectivity index (χ3v) is 8.95. The van der Waals surface area contributed by atoms with Crippen LogP contribution in [0.5, 0.6) is 0 Å². The smallest absolute Gasteiger partial charge is 0.306 e. The van der Waals surface area contributed by atoms with Gasteiger partial charge in [-0.25, -0.2) is 0 Å².